The zero-order valence-electron chi connectivity index (χ0n) is 16.6. The van der Waals surface area contributed by atoms with Crippen molar-refractivity contribution in [2.24, 2.45) is 0 Å². The van der Waals surface area contributed by atoms with E-state index >= 15 is 0 Å². The molecule has 0 aliphatic carbocycles. The zero-order chi connectivity index (χ0) is 21.7. The topological polar surface area (TPSA) is 102 Å². The summed E-state index contributed by atoms with van der Waals surface area (Å²) in [5.41, 5.74) is 0.159. The molecule has 0 fully saturated rings. The fourth-order valence-corrected chi connectivity index (χ4v) is 2.91. The summed E-state index contributed by atoms with van der Waals surface area (Å²) in [6.45, 7) is 6.01. The molecule has 0 bridgehead atoms. The number of carbonyl (C=O) groups excluding carboxylic acids is 3. The molecule has 1 aromatic carbocycles. The van der Waals surface area contributed by atoms with Crippen molar-refractivity contribution in [1.82, 2.24) is 0 Å². The molecular formula is C20H23F2N2O5+. The summed E-state index contributed by atoms with van der Waals surface area (Å²) in [6, 6.07) is 2.78. The number of aryl methyl sites for hydroxylation is 1. The Labute approximate surface area is 166 Å². The predicted octanol–water partition coefficient (Wildman–Crippen LogP) is 2.51. The van der Waals surface area contributed by atoms with E-state index in [1.165, 1.54) is 25.2 Å². The first-order valence-corrected chi connectivity index (χ1v) is 9.05. The van der Waals surface area contributed by atoms with Crippen LogP contribution in [0.25, 0.3) is 0 Å². The monoisotopic (exact) mass is 409 g/mol. The summed E-state index contributed by atoms with van der Waals surface area (Å²) in [5, 5.41) is 3.99. The molecule has 0 spiro atoms. The van der Waals surface area contributed by atoms with Crippen molar-refractivity contribution in [3.8, 4) is 0 Å². The molecule has 156 valence electrons. The second-order valence-corrected chi connectivity index (χ2v) is 6.46. The van der Waals surface area contributed by atoms with Gasteiger partial charge in [0.1, 0.15) is 29.0 Å². The SMILES string of the molecule is CCOC(=O)c1c(NC(=O)C[NH2+][C@@H](C)c2ccc(F)cc2F)oc(C)c1C(C)=O. The average molecular weight is 409 g/mol. The number of ether oxygens (including phenoxy) is 1. The molecule has 3 N–H and O–H groups in total. The van der Waals surface area contributed by atoms with Crippen LogP contribution in [0.15, 0.2) is 22.6 Å². The number of nitrogens with one attached hydrogen (secondary N) is 1. The number of nitrogens with two attached hydrogens (primary N) is 1. The van der Waals surface area contributed by atoms with Crippen LogP contribution in [0, 0.1) is 18.6 Å². The van der Waals surface area contributed by atoms with Gasteiger partial charge in [0.05, 0.1) is 12.2 Å². The standard InChI is InChI=1S/C20H22F2N2O5/c1-5-28-20(27)18-17(11(3)25)12(4)29-19(18)24-16(26)9-23-10(2)14-7-6-13(21)8-15(14)22/h6-8,10,23H,5,9H2,1-4H3,(H,24,26)/p+1/t10-/m0/s1. The minimum atomic E-state index is -0.782. The number of esters is 1. The lowest BCUT2D eigenvalue weighted by molar-refractivity contribution is -0.682. The van der Waals surface area contributed by atoms with Gasteiger partial charge in [0.25, 0.3) is 5.91 Å². The number of rotatable bonds is 8. The lowest BCUT2D eigenvalue weighted by atomic mass is 10.1. The molecule has 1 amide bonds. The van der Waals surface area contributed by atoms with Crippen molar-refractivity contribution < 1.29 is 37.6 Å². The van der Waals surface area contributed by atoms with E-state index in [1.54, 1.807) is 13.8 Å². The quantitative estimate of drug-likeness (QED) is 0.515. The van der Waals surface area contributed by atoms with Gasteiger partial charge in [0.15, 0.2) is 12.3 Å². The number of carbonyl (C=O) groups is 3. The van der Waals surface area contributed by atoms with Gasteiger partial charge in [0.2, 0.25) is 5.88 Å². The van der Waals surface area contributed by atoms with Crippen molar-refractivity contribution in [3.05, 3.63) is 52.3 Å². The van der Waals surface area contributed by atoms with E-state index < -0.39 is 35.3 Å². The van der Waals surface area contributed by atoms with Gasteiger partial charge in [-0.15, -0.1) is 0 Å². The Morgan fingerprint density at radius 3 is 2.52 bits per heavy atom. The van der Waals surface area contributed by atoms with E-state index in [0.717, 1.165) is 12.1 Å². The minimum absolute atomic E-state index is 0.0458. The predicted molar refractivity (Wildman–Crippen MR) is 99.6 cm³/mol. The Morgan fingerprint density at radius 1 is 1.24 bits per heavy atom. The molecule has 0 saturated heterocycles. The lowest BCUT2D eigenvalue weighted by Crippen LogP contribution is -2.86. The van der Waals surface area contributed by atoms with Crippen molar-refractivity contribution in [2.75, 3.05) is 18.5 Å². The van der Waals surface area contributed by atoms with E-state index in [2.05, 4.69) is 5.32 Å². The number of Topliss-reactive ketones (excluding diaryl/α,β-unsaturated/α-hetero) is 1. The van der Waals surface area contributed by atoms with Crippen molar-refractivity contribution in [2.45, 2.75) is 33.7 Å². The first-order chi connectivity index (χ1) is 13.6. The molecule has 2 aromatic rings. The molecule has 1 heterocycles. The largest absolute Gasteiger partial charge is 0.462 e. The molecule has 0 saturated carbocycles. The lowest BCUT2D eigenvalue weighted by Gasteiger charge is -2.12. The molecule has 0 radical (unpaired) electrons. The van der Waals surface area contributed by atoms with Gasteiger partial charge >= 0.3 is 5.97 Å². The van der Waals surface area contributed by atoms with Gasteiger partial charge in [0, 0.05) is 11.6 Å². The number of hydrogen-bond donors (Lipinski definition) is 2. The van der Waals surface area contributed by atoms with Crippen LogP contribution in [-0.4, -0.2) is 30.8 Å². The van der Waals surface area contributed by atoms with Crippen molar-refractivity contribution >= 4 is 23.5 Å². The molecule has 29 heavy (non-hydrogen) atoms. The molecule has 0 unspecified atom stereocenters. The number of halogens is 2. The summed E-state index contributed by atoms with van der Waals surface area (Å²) in [4.78, 5) is 36.4. The summed E-state index contributed by atoms with van der Waals surface area (Å²) in [7, 11) is 0. The highest BCUT2D eigenvalue weighted by atomic mass is 19.1. The fraction of sp³-hybridized carbons (Fsp3) is 0.350. The van der Waals surface area contributed by atoms with Gasteiger partial charge in [-0.25, -0.2) is 13.6 Å². The molecule has 1 atom stereocenters. The molecule has 9 heteroatoms. The van der Waals surface area contributed by atoms with Crippen LogP contribution >= 0.6 is 0 Å². The van der Waals surface area contributed by atoms with E-state index in [4.69, 9.17) is 9.15 Å². The van der Waals surface area contributed by atoms with Crippen LogP contribution in [0.2, 0.25) is 0 Å². The number of quaternary nitrogens is 1. The zero-order valence-corrected chi connectivity index (χ0v) is 16.6. The number of amides is 1. The Bertz CT molecular complexity index is 939. The highest BCUT2D eigenvalue weighted by Crippen LogP contribution is 2.28. The second-order valence-electron chi connectivity index (χ2n) is 6.46. The highest BCUT2D eigenvalue weighted by molar-refractivity contribution is 6.10. The highest BCUT2D eigenvalue weighted by Gasteiger charge is 2.29. The van der Waals surface area contributed by atoms with Crippen LogP contribution in [0.1, 0.15) is 58.9 Å². The molecular weight excluding hydrogens is 386 g/mol. The number of furan rings is 1. The van der Waals surface area contributed by atoms with E-state index in [1.807, 2.05) is 0 Å². The van der Waals surface area contributed by atoms with Gasteiger partial charge < -0.3 is 14.5 Å². The molecule has 0 aliphatic heterocycles. The molecule has 0 aliphatic rings. The third kappa shape index (κ3) is 5.26. The van der Waals surface area contributed by atoms with E-state index in [0.29, 0.717) is 0 Å². The third-order valence-corrected chi connectivity index (χ3v) is 4.28. The van der Waals surface area contributed by atoms with E-state index in [9.17, 15) is 23.2 Å². The summed E-state index contributed by atoms with van der Waals surface area (Å²) in [6.07, 6.45) is 0. The summed E-state index contributed by atoms with van der Waals surface area (Å²) < 4.78 is 37.2. The second kappa shape index (κ2) is 9.42. The van der Waals surface area contributed by atoms with Crippen LogP contribution in [0.4, 0.5) is 14.7 Å². The number of benzene rings is 1. The van der Waals surface area contributed by atoms with Crippen molar-refractivity contribution in [1.29, 1.82) is 0 Å². The van der Waals surface area contributed by atoms with Gasteiger partial charge in [-0.05, 0) is 39.8 Å². The van der Waals surface area contributed by atoms with Crippen molar-refractivity contribution in [3.63, 3.8) is 0 Å². The maximum atomic E-state index is 13.9. The molecule has 7 nitrogen and oxygen atoms in total. The minimum Gasteiger partial charge on any atom is -0.462 e. The fourth-order valence-electron chi connectivity index (χ4n) is 2.91. The van der Waals surface area contributed by atoms with Crippen LogP contribution in [0.5, 0.6) is 0 Å². The maximum absolute atomic E-state index is 13.9. The Balaban J connectivity index is 2.13. The number of hydrogen-bond acceptors (Lipinski definition) is 5. The molecule has 1 aromatic heterocycles. The summed E-state index contributed by atoms with van der Waals surface area (Å²) in [5.74, 6) is -3.10. The van der Waals surface area contributed by atoms with Crippen LogP contribution < -0.4 is 10.6 Å². The maximum Gasteiger partial charge on any atom is 0.344 e. The molecule has 2 rings (SSSR count). The first kappa shape index (κ1) is 22.2. The number of ketones is 1. The Morgan fingerprint density at radius 2 is 1.93 bits per heavy atom. The average Bonchev–Trinajstić information content (AvgIpc) is 2.96. The smallest absolute Gasteiger partial charge is 0.344 e. The van der Waals surface area contributed by atoms with E-state index in [-0.39, 0.29) is 41.5 Å². The van der Waals surface area contributed by atoms with Gasteiger partial charge in [-0.3, -0.25) is 14.9 Å². The summed E-state index contributed by atoms with van der Waals surface area (Å²) >= 11 is 0. The van der Waals surface area contributed by atoms with Crippen LogP contribution in [0.3, 0.4) is 0 Å². The Hall–Kier alpha value is -3.07. The first-order valence-electron chi connectivity index (χ1n) is 9.05. The Kier molecular flexibility index (Phi) is 7.22. The normalized spacial score (nSPS) is 11.8. The third-order valence-electron chi connectivity index (χ3n) is 4.28. The van der Waals surface area contributed by atoms with Crippen LogP contribution in [-0.2, 0) is 9.53 Å². The number of anilines is 1. The van der Waals surface area contributed by atoms with Gasteiger partial charge in [-0.2, -0.15) is 0 Å². The van der Waals surface area contributed by atoms with Gasteiger partial charge in [-0.1, -0.05) is 0 Å².